The van der Waals surface area contributed by atoms with Crippen LogP contribution in [0.2, 0.25) is 0 Å². The fourth-order valence-corrected chi connectivity index (χ4v) is 2.57. The molecular formula is C20H19N3O4. The lowest BCUT2D eigenvalue weighted by Crippen LogP contribution is -2.29. The van der Waals surface area contributed by atoms with E-state index in [0.29, 0.717) is 17.3 Å². The zero-order chi connectivity index (χ0) is 19.2. The molecule has 0 radical (unpaired) electrons. The van der Waals surface area contributed by atoms with Crippen molar-refractivity contribution in [1.29, 1.82) is 0 Å². The first-order chi connectivity index (χ1) is 13.1. The van der Waals surface area contributed by atoms with E-state index in [1.807, 2.05) is 36.4 Å². The van der Waals surface area contributed by atoms with E-state index in [9.17, 15) is 9.59 Å². The quantitative estimate of drug-likeness (QED) is 0.700. The lowest BCUT2D eigenvalue weighted by atomic mass is 10.2. The molecule has 0 fully saturated rings. The Kier molecular flexibility index (Phi) is 5.51. The summed E-state index contributed by atoms with van der Waals surface area (Å²) in [6.07, 6.45) is 1.28. The van der Waals surface area contributed by atoms with Crippen molar-refractivity contribution in [3.05, 3.63) is 76.2 Å². The van der Waals surface area contributed by atoms with Gasteiger partial charge in [0, 0.05) is 18.3 Å². The van der Waals surface area contributed by atoms with Gasteiger partial charge in [0.05, 0.1) is 14.2 Å². The van der Waals surface area contributed by atoms with Crippen LogP contribution < -0.4 is 20.3 Å². The second-order valence-electron chi connectivity index (χ2n) is 5.71. The maximum atomic E-state index is 12.3. The third-order valence-corrected chi connectivity index (χ3v) is 3.99. The fourth-order valence-electron chi connectivity index (χ4n) is 2.57. The first-order valence-electron chi connectivity index (χ1n) is 8.26. The van der Waals surface area contributed by atoms with Gasteiger partial charge in [-0.25, -0.2) is 4.98 Å². The highest BCUT2D eigenvalue weighted by Crippen LogP contribution is 2.27. The summed E-state index contributed by atoms with van der Waals surface area (Å²) in [6, 6.07) is 14.5. The molecule has 0 saturated carbocycles. The van der Waals surface area contributed by atoms with Gasteiger partial charge in [-0.3, -0.25) is 9.59 Å². The number of hydrogen-bond donors (Lipinski definition) is 2. The van der Waals surface area contributed by atoms with Crippen LogP contribution in [0.25, 0.3) is 11.4 Å². The second kappa shape index (κ2) is 8.18. The molecule has 0 aliphatic carbocycles. The number of carbonyl (C=O) groups is 1. The molecule has 2 aromatic carbocycles. The van der Waals surface area contributed by atoms with Crippen molar-refractivity contribution in [2.24, 2.45) is 0 Å². The number of rotatable bonds is 6. The molecule has 0 saturated heterocycles. The molecule has 0 spiro atoms. The van der Waals surface area contributed by atoms with Crippen molar-refractivity contribution in [2.75, 3.05) is 14.2 Å². The van der Waals surface area contributed by atoms with Crippen LogP contribution in [0.5, 0.6) is 11.5 Å². The Morgan fingerprint density at radius 1 is 1.07 bits per heavy atom. The number of H-pyrrole nitrogens is 1. The molecular weight excluding hydrogens is 346 g/mol. The molecule has 1 aromatic heterocycles. The molecule has 0 atom stereocenters. The van der Waals surface area contributed by atoms with E-state index in [1.54, 1.807) is 26.4 Å². The minimum Gasteiger partial charge on any atom is -0.493 e. The number of aromatic nitrogens is 2. The molecule has 2 N–H and O–H groups in total. The molecule has 0 aliphatic rings. The molecule has 0 aliphatic heterocycles. The predicted molar refractivity (Wildman–Crippen MR) is 101 cm³/mol. The highest BCUT2D eigenvalue weighted by atomic mass is 16.5. The van der Waals surface area contributed by atoms with Crippen molar-refractivity contribution >= 4 is 5.91 Å². The number of amides is 1. The van der Waals surface area contributed by atoms with Gasteiger partial charge in [-0.2, -0.15) is 0 Å². The Morgan fingerprint density at radius 3 is 2.48 bits per heavy atom. The smallest absolute Gasteiger partial charge is 0.264 e. The van der Waals surface area contributed by atoms with Crippen LogP contribution in [0.1, 0.15) is 15.9 Å². The van der Waals surface area contributed by atoms with E-state index in [2.05, 4.69) is 15.3 Å². The van der Waals surface area contributed by atoms with Crippen LogP contribution in [0.4, 0.5) is 0 Å². The van der Waals surface area contributed by atoms with Crippen LogP contribution >= 0.6 is 0 Å². The second-order valence-corrected chi connectivity index (χ2v) is 5.71. The number of benzene rings is 2. The van der Waals surface area contributed by atoms with Crippen molar-refractivity contribution in [3.63, 3.8) is 0 Å². The van der Waals surface area contributed by atoms with Crippen molar-refractivity contribution in [1.82, 2.24) is 15.3 Å². The van der Waals surface area contributed by atoms with Crippen LogP contribution in [0.3, 0.4) is 0 Å². The van der Waals surface area contributed by atoms with Crippen molar-refractivity contribution in [2.45, 2.75) is 6.54 Å². The first kappa shape index (κ1) is 18.2. The van der Waals surface area contributed by atoms with Gasteiger partial charge in [0.2, 0.25) is 0 Å². The molecule has 7 nitrogen and oxygen atoms in total. The largest absolute Gasteiger partial charge is 0.493 e. The van der Waals surface area contributed by atoms with Gasteiger partial charge >= 0.3 is 0 Å². The maximum absolute atomic E-state index is 12.3. The number of hydrogen-bond acceptors (Lipinski definition) is 5. The highest BCUT2D eigenvalue weighted by Gasteiger charge is 2.13. The van der Waals surface area contributed by atoms with Gasteiger partial charge in [0.1, 0.15) is 11.4 Å². The van der Waals surface area contributed by atoms with Gasteiger partial charge < -0.3 is 19.8 Å². The average molecular weight is 365 g/mol. The molecule has 27 heavy (non-hydrogen) atoms. The summed E-state index contributed by atoms with van der Waals surface area (Å²) in [6.45, 7) is 0.235. The predicted octanol–water partition coefficient (Wildman–Crippen LogP) is 2.38. The Morgan fingerprint density at radius 2 is 1.81 bits per heavy atom. The van der Waals surface area contributed by atoms with Crippen LogP contribution in [-0.2, 0) is 6.54 Å². The minimum atomic E-state index is -0.502. The number of nitrogens with one attached hydrogen (secondary N) is 2. The van der Waals surface area contributed by atoms with Gasteiger partial charge in [-0.15, -0.1) is 0 Å². The number of aromatic amines is 1. The monoisotopic (exact) mass is 365 g/mol. The summed E-state index contributed by atoms with van der Waals surface area (Å²) >= 11 is 0. The lowest BCUT2D eigenvalue weighted by Gasteiger charge is -2.10. The molecule has 0 bridgehead atoms. The summed E-state index contributed by atoms with van der Waals surface area (Å²) in [5, 5.41) is 2.71. The molecule has 1 amide bonds. The minimum absolute atomic E-state index is 0.0462. The maximum Gasteiger partial charge on any atom is 0.264 e. The number of ether oxygens (including phenoxy) is 2. The van der Waals surface area contributed by atoms with Crippen molar-refractivity contribution in [3.8, 4) is 22.9 Å². The molecule has 7 heteroatoms. The topological polar surface area (TPSA) is 93.3 Å². The van der Waals surface area contributed by atoms with E-state index in [-0.39, 0.29) is 12.1 Å². The van der Waals surface area contributed by atoms with E-state index in [0.717, 1.165) is 11.1 Å². The number of carbonyl (C=O) groups excluding carboxylic acids is 1. The Hall–Kier alpha value is -3.61. The molecule has 3 rings (SSSR count). The first-order valence-corrected chi connectivity index (χ1v) is 8.26. The van der Waals surface area contributed by atoms with Crippen molar-refractivity contribution < 1.29 is 14.3 Å². The summed E-state index contributed by atoms with van der Waals surface area (Å²) in [7, 11) is 3.09. The fraction of sp³-hybridized carbons (Fsp3) is 0.150. The Balaban J connectivity index is 1.72. The van der Waals surface area contributed by atoms with Gasteiger partial charge in [0.25, 0.3) is 11.5 Å². The van der Waals surface area contributed by atoms with E-state index < -0.39 is 11.5 Å². The van der Waals surface area contributed by atoms with Crippen LogP contribution in [0, 0.1) is 0 Å². The molecule has 0 unspecified atom stereocenters. The van der Waals surface area contributed by atoms with Crippen LogP contribution in [0.15, 0.2) is 59.5 Å². The normalized spacial score (nSPS) is 10.3. The SMILES string of the molecule is COc1ccc(CNC(=O)c2cnc(-c3ccccc3)[nH]c2=O)cc1OC. The summed E-state index contributed by atoms with van der Waals surface area (Å²) < 4.78 is 10.4. The van der Waals surface area contributed by atoms with E-state index >= 15 is 0 Å². The zero-order valence-corrected chi connectivity index (χ0v) is 15.0. The molecule has 138 valence electrons. The standard InChI is InChI=1S/C20H19N3O4/c1-26-16-9-8-13(10-17(16)27-2)11-22-19(24)15-12-21-18(23-20(15)25)14-6-4-3-5-7-14/h3-10,12H,11H2,1-2H3,(H,22,24)(H,21,23,25). The number of methoxy groups -OCH3 is 2. The van der Waals surface area contributed by atoms with E-state index in [4.69, 9.17) is 9.47 Å². The summed E-state index contributed by atoms with van der Waals surface area (Å²) in [5.74, 6) is 1.08. The molecule has 1 heterocycles. The van der Waals surface area contributed by atoms with Crippen LogP contribution in [-0.4, -0.2) is 30.1 Å². The van der Waals surface area contributed by atoms with Gasteiger partial charge in [-0.05, 0) is 17.7 Å². The highest BCUT2D eigenvalue weighted by molar-refractivity contribution is 5.93. The van der Waals surface area contributed by atoms with Gasteiger partial charge in [-0.1, -0.05) is 36.4 Å². The lowest BCUT2D eigenvalue weighted by molar-refractivity contribution is 0.0949. The van der Waals surface area contributed by atoms with E-state index in [1.165, 1.54) is 6.20 Å². The third-order valence-electron chi connectivity index (χ3n) is 3.99. The average Bonchev–Trinajstić information content (AvgIpc) is 2.72. The Labute approximate surface area is 156 Å². The summed E-state index contributed by atoms with van der Waals surface area (Å²) in [4.78, 5) is 31.4. The zero-order valence-electron chi connectivity index (χ0n) is 15.0. The number of nitrogens with zero attached hydrogens (tertiary/aromatic N) is 1. The molecule has 3 aromatic rings. The van der Waals surface area contributed by atoms with Gasteiger partial charge in [0.15, 0.2) is 11.5 Å². The third kappa shape index (κ3) is 4.14. The summed E-state index contributed by atoms with van der Waals surface area (Å²) in [5.41, 5.74) is 1.04. The Bertz CT molecular complexity index is 1000.